The third kappa shape index (κ3) is 4.52. The summed E-state index contributed by atoms with van der Waals surface area (Å²) in [6, 6.07) is 15.5. The second-order valence-corrected chi connectivity index (χ2v) is 9.37. The number of thiazole rings is 1. The van der Waals surface area contributed by atoms with Crippen molar-refractivity contribution in [1.29, 1.82) is 0 Å². The van der Waals surface area contributed by atoms with E-state index < -0.39 is 10.0 Å². The lowest BCUT2D eigenvalue weighted by Gasteiger charge is -2.13. The number of benzene rings is 2. The zero-order valence-electron chi connectivity index (χ0n) is 15.7. The molecule has 0 amide bonds. The van der Waals surface area contributed by atoms with Gasteiger partial charge in [-0.2, -0.15) is 0 Å². The largest absolute Gasteiger partial charge is 0.367 e. The zero-order valence-corrected chi connectivity index (χ0v) is 17.3. The highest BCUT2D eigenvalue weighted by atomic mass is 32.2. The first-order valence-corrected chi connectivity index (χ1v) is 11.3. The van der Waals surface area contributed by atoms with Crippen molar-refractivity contribution >= 4 is 44.0 Å². The third-order valence-electron chi connectivity index (χ3n) is 4.16. The molecule has 0 atom stereocenters. The molecular formula is C20H19N5O2S2. The van der Waals surface area contributed by atoms with Gasteiger partial charge in [0, 0.05) is 24.0 Å². The number of hydrogen-bond acceptors (Lipinski definition) is 7. The molecule has 29 heavy (non-hydrogen) atoms. The van der Waals surface area contributed by atoms with E-state index >= 15 is 0 Å². The monoisotopic (exact) mass is 425 g/mol. The number of aryl methyl sites for hydroxylation is 1. The van der Waals surface area contributed by atoms with Gasteiger partial charge >= 0.3 is 0 Å². The smallest absolute Gasteiger partial charge is 0.263 e. The van der Waals surface area contributed by atoms with Gasteiger partial charge in [0.25, 0.3) is 10.0 Å². The van der Waals surface area contributed by atoms with Crippen LogP contribution in [-0.2, 0) is 16.4 Å². The van der Waals surface area contributed by atoms with Gasteiger partial charge in [-0.25, -0.2) is 23.4 Å². The zero-order chi connectivity index (χ0) is 20.3. The molecule has 0 saturated heterocycles. The first-order chi connectivity index (χ1) is 14.0. The van der Waals surface area contributed by atoms with Gasteiger partial charge in [-0.15, -0.1) is 11.3 Å². The maximum Gasteiger partial charge on any atom is 0.263 e. The maximum atomic E-state index is 12.8. The Balaban J connectivity index is 1.63. The summed E-state index contributed by atoms with van der Waals surface area (Å²) < 4.78 is 28.1. The highest BCUT2D eigenvalue weighted by Crippen LogP contribution is 2.24. The molecule has 0 unspecified atom stereocenters. The number of hydrogen-bond donors (Lipinski definition) is 2. The van der Waals surface area contributed by atoms with Crippen molar-refractivity contribution in [2.75, 3.05) is 16.6 Å². The predicted octanol–water partition coefficient (Wildman–Crippen LogP) is 3.85. The Morgan fingerprint density at radius 1 is 0.931 bits per heavy atom. The average Bonchev–Trinajstić information content (AvgIpc) is 3.14. The van der Waals surface area contributed by atoms with E-state index in [9.17, 15) is 8.42 Å². The molecule has 148 valence electrons. The van der Waals surface area contributed by atoms with Gasteiger partial charge in [0.05, 0.1) is 20.9 Å². The fourth-order valence-corrected chi connectivity index (χ4v) is 4.60. The molecule has 4 aromatic rings. The number of rotatable bonds is 7. The summed E-state index contributed by atoms with van der Waals surface area (Å²) in [6.07, 6.45) is 2.55. The summed E-state index contributed by atoms with van der Waals surface area (Å²) >= 11 is 1.64. The second-order valence-electron chi connectivity index (χ2n) is 6.37. The lowest BCUT2D eigenvalue weighted by atomic mass is 10.3. The Morgan fingerprint density at radius 3 is 2.24 bits per heavy atom. The molecule has 0 radical (unpaired) electrons. The summed E-state index contributed by atoms with van der Waals surface area (Å²) in [5, 5.41) is 4.21. The normalized spacial score (nSPS) is 11.5. The van der Waals surface area contributed by atoms with Crippen LogP contribution in [0.5, 0.6) is 0 Å². The Kier molecular flexibility index (Phi) is 5.41. The van der Waals surface area contributed by atoms with Gasteiger partial charge in [-0.3, -0.25) is 4.72 Å². The highest BCUT2D eigenvalue weighted by Gasteiger charge is 2.18. The standard InChI is InChI=1S/C20H19N5O2S2/c1-14-13-22-18(28-14)11-12-21-19-20(24-17-10-6-5-9-16(17)23-19)25-29(26,27)15-7-3-2-4-8-15/h2-10,13H,11-12H2,1H3,(H,21,23)(H,24,25). The number of anilines is 2. The molecule has 9 heteroatoms. The van der Waals surface area contributed by atoms with Crippen LogP contribution in [0.2, 0.25) is 0 Å². The van der Waals surface area contributed by atoms with E-state index in [1.807, 2.05) is 31.3 Å². The minimum absolute atomic E-state index is 0.166. The van der Waals surface area contributed by atoms with Crippen molar-refractivity contribution in [2.45, 2.75) is 18.2 Å². The predicted molar refractivity (Wildman–Crippen MR) is 116 cm³/mol. The minimum Gasteiger partial charge on any atom is -0.367 e. The molecule has 2 aromatic heterocycles. The summed E-state index contributed by atoms with van der Waals surface area (Å²) in [5.74, 6) is 0.555. The summed E-state index contributed by atoms with van der Waals surface area (Å²) in [6.45, 7) is 2.57. The summed E-state index contributed by atoms with van der Waals surface area (Å²) in [7, 11) is -3.78. The first kappa shape index (κ1) is 19.3. The Labute approximate surface area is 172 Å². The van der Waals surface area contributed by atoms with Crippen LogP contribution in [0.3, 0.4) is 0 Å². The van der Waals surface area contributed by atoms with Crippen LogP contribution in [0.1, 0.15) is 9.88 Å². The molecule has 2 aromatic carbocycles. The van der Waals surface area contributed by atoms with Crippen molar-refractivity contribution in [3.63, 3.8) is 0 Å². The molecule has 0 aliphatic rings. The van der Waals surface area contributed by atoms with Crippen LogP contribution < -0.4 is 10.0 Å². The van der Waals surface area contributed by atoms with E-state index in [1.54, 1.807) is 35.6 Å². The van der Waals surface area contributed by atoms with E-state index in [4.69, 9.17) is 0 Å². The van der Waals surface area contributed by atoms with Crippen molar-refractivity contribution in [2.24, 2.45) is 0 Å². The lowest BCUT2D eigenvalue weighted by Crippen LogP contribution is -2.17. The number of nitrogens with zero attached hydrogens (tertiary/aromatic N) is 3. The van der Waals surface area contributed by atoms with Gasteiger partial charge in [0.15, 0.2) is 11.6 Å². The van der Waals surface area contributed by atoms with Crippen LogP contribution >= 0.6 is 11.3 Å². The Bertz CT molecular complexity index is 1240. The molecule has 2 N–H and O–H groups in total. The van der Waals surface area contributed by atoms with E-state index in [2.05, 4.69) is 25.0 Å². The number of aromatic nitrogens is 3. The van der Waals surface area contributed by atoms with Crippen LogP contribution in [0.15, 0.2) is 65.7 Å². The minimum atomic E-state index is -3.78. The van der Waals surface area contributed by atoms with Crippen molar-refractivity contribution in [1.82, 2.24) is 15.0 Å². The van der Waals surface area contributed by atoms with Crippen molar-refractivity contribution < 1.29 is 8.42 Å². The first-order valence-electron chi connectivity index (χ1n) is 9.01. The topological polar surface area (TPSA) is 96.9 Å². The third-order valence-corrected chi connectivity index (χ3v) is 6.48. The molecule has 0 saturated carbocycles. The van der Waals surface area contributed by atoms with Crippen molar-refractivity contribution in [3.05, 3.63) is 70.7 Å². The van der Waals surface area contributed by atoms with Gasteiger partial charge in [-0.05, 0) is 31.2 Å². The number of sulfonamides is 1. The van der Waals surface area contributed by atoms with E-state index in [-0.39, 0.29) is 10.7 Å². The van der Waals surface area contributed by atoms with E-state index in [0.717, 1.165) is 9.88 Å². The van der Waals surface area contributed by atoms with Crippen molar-refractivity contribution in [3.8, 4) is 0 Å². The van der Waals surface area contributed by atoms with E-state index in [1.165, 1.54) is 12.1 Å². The molecule has 7 nitrogen and oxygen atoms in total. The van der Waals surface area contributed by atoms with Gasteiger partial charge in [-0.1, -0.05) is 30.3 Å². The molecule has 0 bridgehead atoms. The quantitative estimate of drug-likeness (QED) is 0.467. The van der Waals surface area contributed by atoms with Gasteiger partial charge < -0.3 is 5.32 Å². The molecule has 4 rings (SSSR count). The van der Waals surface area contributed by atoms with Crippen LogP contribution in [-0.4, -0.2) is 29.9 Å². The average molecular weight is 426 g/mol. The fraction of sp³-hybridized carbons (Fsp3) is 0.150. The lowest BCUT2D eigenvalue weighted by molar-refractivity contribution is 0.601. The van der Waals surface area contributed by atoms with Crippen LogP contribution in [0.4, 0.5) is 11.6 Å². The molecular weight excluding hydrogens is 406 g/mol. The number of para-hydroxylation sites is 2. The number of fused-ring (bicyclic) bond motifs is 1. The van der Waals surface area contributed by atoms with Gasteiger partial charge in [0.2, 0.25) is 0 Å². The van der Waals surface area contributed by atoms with E-state index in [0.29, 0.717) is 29.8 Å². The Hall–Kier alpha value is -3.04. The molecule has 0 aliphatic carbocycles. The molecule has 0 aliphatic heterocycles. The van der Waals surface area contributed by atoms with Gasteiger partial charge in [0.1, 0.15) is 0 Å². The highest BCUT2D eigenvalue weighted by molar-refractivity contribution is 7.92. The maximum absolute atomic E-state index is 12.8. The fourth-order valence-electron chi connectivity index (χ4n) is 2.79. The second kappa shape index (κ2) is 8.14. The summed E-state index contributed by atoms with van der Waals surface area (Å²) in [4.78, 5) is 14.7. The Morgan fingerprint density at radius 2 is 1.59 bits per heavy atom. The van der Waals surface area contributed by atoms with Crippen LogP contribution in [0, 0.1) is 6.92 Å². The van der Waals surface area contributed by atoms with Crippen LogP contribution in [0.25, 0.3) is 11.0 Å². The summed E-state index contributed by atoms with van der Waals surface area (Å²) in [5.41, 5.74) is 1.29. The molecule has 0 fully saturated rings. The molecule has 2 heterocycles. The molecule has 0 spiro atoms. The SMILES string of the molecule is Cc1cnc(CCNc2nc3ccccc3nc2NS(=O)(=O)c2ccccc2)s1. The number of nitrogens with one attached hydrogen (secondary N) is 2.